The molecule has 0 radical (unpaired) electrons. The van der Waals surface area contributed by atoms with Crippen LogP contribution in [0, 0.1) is 17.1 Å². The normalized spacial score (nSPS) is 15.9. The third kappa shape index (κ3) is 3.62. The Morgan fingerprint density at radius 3 is 2.78 bits per heavy atom. The average Bonchev–Trinajstić information content (AvgIpc) is 3.67. The highest BCUT2D eigenvalue weighted by molar-refractivity contribution is 5.94. The number of nitriles is 1. The van der Waals surface area contributed by atoms with Gasteiger partial charge in [0.2, 0.25) is 0 Å². The smallest absolute Gasteiger partial charge is 0.339 e. The van der Waals surface area contributed by atoms with Gasteiger partial charge < -0.3 is 14.2 Å². The Hall–Kier alpha value is -4.44. The van der Waals surface area contributed by atoms with Gasteiger partial charge in [0.25, 0.3) is 0 Å². The van der Waals surface area contributed by atoms with E-state index < -0.39 is 11.8 Å². The molecular formula is C29H22FN3O3. The van der Waals surface area contributed by atoms with Crippen molar-refractivity contribution in [2.45, 2.75) is 38.7 Å². The van der Waals surface area contributed by atoms with Gasteiger partial charge in [0.05, 0.1) is 17.5 Å². The zero-order valence-corrected chi connectivity index (χ0v) is 19.6. The molecule has 0 saturated heterocycles. The van der Waals surface area contributed by atoms with Crippen LogP contribution >= 0.6 is 0 Å². The molecule has 0 atom stereocenters. The van der Waals surface area contributed by atoms with E-state index in [1.165, 1.54) is 12.1 Å². The van der Waals surface area contributed by atoms with E-state index in [-0.39, 0.29) is 12.2 Å². The molecule has 1 aliphatic heterocycles. The van der Waals surface area contributed by atoms with Crippen LogP contribution in [0.4, 0.5) is 4.39 Å². The topological polar surface area (TPSA) is 87.6 Å². The van der Waals surface area contributed by atoms with Gasteiger partial charge in [0, 0.05) is 41.3 Å². The number of hydrogen-bond acceptors (Lipinski definition) is 4. The molecule has 0 spiro atoms. The summed E-state index contributed by atoms with van der Waals surface area (Å²) >= 11 is 0. The molecule has 1 saturated carbocycles. The summed E-state index contributed by atoms with van der Waals surface area (Å²) in [6.07, 6.45) is 4.54. The van der Waals surface area contributed by atoms with Crippen molar-refractivity contribution in [3.05, 3.63) is 105 Å². The van der Waals surface area contributed by atoms with Crippen LogP contribution in [0.25, 0.3) is 11.2 Å². The fourth-order valence-corrected chi connectivity index (χ4v) is 5.06. The monoisotopic (exact) mass is 479 g/mol. The lowest BCUT2D eigenvalue weighted by Crippen LogP contribution is -2.03. The van der Waals surface area contributed by atoms with Gasteiger partial charge in [-0.05, 0) is 60.7 Å². The predicted octanol–water partition coefficient (Wildman–Crippen LogP) is 5.88. The summed E-state index contributed by atoms with van der Waals surface area (Å²) in [5, 5.41) is 19.3. The average molecular weight is 480 g/mol. The molecule has 6 rings (SSSR count). The molecule has 0 unspecified atom stereocenters. The molecule has 1 N–H and O–H groups in total. The Labute approximate surface area is 206 Å². The lowest BCUT2D eigenvalue weighted by molar-refractivity contribution is 0.0698. The van der Waals surface area contributed by atoms with Gasteiger partial charge in [-0.15, -0.1) is 0 Å². The van der Waals surface area contributed by atoms with Gasteiger partial charge in [-0.25, -0.2) is 14.2 Å². The number of benzene rings is 2. The van der Waals surface area contributed by atoms with Crippen molar-refractivity contribution in [2.24, 2.45) is 0 Å². The van der Waals surface area contributed by atoms with Crippen molar-refractivity contribution in [3.8, 4) is 11.8 Å². The van der Waals surface area contributed by atoms with Gasteiger partial charge in [0.1, 0.15) is 23.7 Å². The van der Waals surface area contributed by atoms with Crippen LogP contribution in [0.5, 0.6) is 5.75 Å². The quantitative estimate of drug-likeness (QED) is 0.370. The van der Waals surface area contributed by atoms with Crippen molar-refractivity contribution in [2.75, 3.05) is 0 Å². The van der Waals surface area contributed by atoms with E-state index in [1.54, 1.807) is 25.1 Å². The lowest BCUT2D eigenvalue weighted by Gasteiger charge is -2.13. The van der Waals surface area contributed by atoms with Crippen molar-refractivity contribution in [1.29, 1.82) is 5.26 Å². The van der Waals surface area contributed by atoms with Crippen LogP contribution in [0.3, 0.4) is 0 Å². The zero-order chi connectivity index (χ0) is 25.0. The molecular weight excluding hydrogens is 457 g/mol. The van der Waals surface area contributed by atoms with Crippen molar-refractivity contribution in [3.63, 3.8) is 0 Å². The standard InChI is InChI=1S/C29H22FN3O3/c1-16(14-31)26-21-8-4-17(11-19(21)15-36-25-13-20(30)7-9-22(25)26)12-24-27(18-5-6-18)32-28-23(29(34)35)3-2-10-33(24)28/h2-4,7-11,13,18H,5-6,12,15H2,1H3,(H,34,35). The lowest BCUT2D eigenvalue weighted by atomic mass is 9.89. The molecule has 1 fully saturated rings. The molecule has 178 valence electrons. The fourth-order valence-electron chi connectivity index (χ4n) is 5.06. The van der Waals surface area contributed by atoms with Gasteiger partial charge in [-0.3, -0.25) is 0 Å². The zero-order valence-electron chi connectivity index (χ0n) is 19.6. The molecule has 0 bridgehead atoms. The highest BCUT2D eigenvalue weighted by atomic mass is 19.1. The number of fused-ring (bicyclic) bond motifs is 3. The van der Waals surface area contributed by atoms with Crippen LogP contribution < -0.4 is 4.74 Å². The first-order valence-electron chi connectivity index (χ1n) is 11.8. The molecule has 3 heterocycles. The van der Waals surface area contributed by atoms with E-state index >= 15 is 0 Å². The Morgan fingerprint density at radius 2 is 2.03 bits per heavy atom. The first kappa shape index (κ1) is 22.1. The molecule has 36 heavy (non-hydrogen) atoms. The maximum atomic E-state index is 13.9. The minimum absolute atomic E-state index is 0.188. The predicted molar refractivity (Wildman–Crippen MR) is 131 cm³/mol. The molecule has 0 amide bonds. The van der Waals surface area contributed by atoms with E-state index in [9.17, 15) is 19.6 Å². The summed E-state index contributed by atoms with van der Waals surface area (Å²) < 4.78 is 21.8. The second-order valence-electron chi connectivity index (χ2n) is 9.35. The number of aromatic nitrogens is 2. The fraction of sp³-hybridized carbons (Fsp3) is 0.207. The number of carbonyl (C=O) groups is 1. The second kappa shape index (κ2) is 8.35. The van der Waals surface area contributed by atoms with Crippen LogP contribution in [-0.2, 0) is 13.0 Å². The number of carboxylic acids is 1. The van der Waals surface area contributed by atoms with Crippen molar-refractivity contribution < 1.29 is 19.0 Å². The number of allylic oxidation sites excluding steroid dienone is 1. The van der Waals surface area contributed by atoms with Crippen LogP contribution in [-0.4, -0.2) is 20.5 Å². The summed E-state index contributed by atoms with van der Waals surface area (Å²) in [6, 6.07) is 16.0. The van der Waals surface area contributed by atoms with Gasteiger partial charge in [0.15, 0.2) is 5.65 Å². The number of hydrogen-bond donors (Lipinski definition) is 1. The molecule has 6 nitrogen and oxygen atoms in total. The highest BCUT2D eigenvalue weighted by Crippen LogP contribution is 2.43. The number of halogens is 1. The maximum absolute atomic E-state index is 13.9. The van der Waals surface area contributed by atoms with E-state index in [4.69, 9.17) is 9.72 Å². The Morgan fingerprint density at radius 1 is 1.22 bits per heavy atom. The maximum Gasteiger partial charge on any atom is 0.339 e. The van der Waals surface area contributed by atoms with E-state index in [2.05, 4.69) is 12.1 Å². The number of nitrogens with zero attached hydrogens (tertiary/aromatic N) is 3. The summed E-state index contributed by atoms with van der Waals surface area (Å²) in [5.41, 5.74) is 7.37. The molecule has 4 aromatic rings. The number of imidazole rings is 1. The summed E-state index contributed by atoms with van der Waals surface area (Å²) in [7, 11) is 0. The third-order valence-corrected chi connectivity index (χ3v) is 6.92. The number of aromatic carboxylic acids is 1. The second-order valence-corrected chi connectivity index (χ2v) is 9.35. The van der Waals surface area contributed by atoms with Crippen LogP contribution in [0.15, 0.2) is 60.3 Å². The Balaban J connectivity index is 1.46. The molecule has 7 heteroatoms. The van der Waals surface area contributed by atoms with Gasteiger partial charge in [-0.1, -0.05) is 18.2 Å². The van der Waals surface area contributed by atoms with Gasteiger partial charge >= 0.3 is 5.97 Å². The first-order valence-corrected chi connectivity index (χ1v) is 11.8. The molecule has 2 aromatic carbocycles. The van der Waals surface area contributed by atoms with Crippen LogP contribution in [0.2, 0.25) is 0 Å². The largest absolute Gasteiger partial charge is 0.488 e. The molecule has 1 aliphatic carbocycles. The Bertz CT molecular complexity index is 1640. The first-order chi connectivity index (χ1) is 17.4. The molecule has 2 aromatic heterocycles. The number of rotatable bonds is 4. The minimum atomic E-state index is -0.996. The molecule has 2 aliphatic rings. The van der Waals surface area contributed by atoms with E-state index in [1.807, 2.05) is 22.7 Å². The van der Waals surface area contributed by atoms with E-state index in [0.29, 0.717) is 34.9 Å². The summed E-state index contributed by atoms with van der Waals surface area (Å²) in [6.45, 7) is 2.00. The van der Waals surface area contributed by atoms with Crippen molar-refractivity contribution in [1.82, 2.24) is 9.38 Å². The third-order valence-electron chi connectivity index (χ3n) is 6.92. The summed E-state index contributed by atoms with van der Waals surface area (Å²) in [4.78, 5) is 16.5. The highest BCUT2D eigenvalue weighted by Gasteiger charge is 2.31. The van der Waals surface area contributed by atoms with Gasteiger partial charge in [-0.2, -0.15) is 5.26 Å². The summed E-state index contributed by atoms with van der Waals surface area (Å²) in [5.74, 6) is -0.626. The Kier molecular flexibility index (Phi) is 5.11. The minimum Gasteiger partial charge on any atom is -0.488 e. The number of pyridine rings is 1. The van der Waals surface area contributed by atoms with Crippen LogP contribution in [0.1, 0.15) is 69.7 Å². The SMILES string of the molecule is CC(C#N)=C1c2ccc(Cc3c(C4CC4)nc4c(C(=O)O)cccn34)cc2COc2cc(F)ccc21. The van der Waals surface area contributed by atoms with Crippen molar-refractivity contribution >= 4 is 17.2 Å². The number of carboxylic acid groups (broad SMARTS) is 1. The van der Waals surface area contributed by atoms with E-state index in [0.717, 1.165) is 46.5 Å². The number of ether oxygens (including phenoxy) is 1.